The molecule has 0 radical (unpaired) electrons. The van der Waals surface area contributed by atoms with Crippen LogP contribution < -0.4 is 16.4 Å². The summed E-state index contributed by atoms with van der Waals surface area (Å²) in [5.74, 6) is 0. The molecule has 3 heteroatoms. The Kier molecular flexibility index (Phi) is 1.98. The Morgan fingerprint density at radius 1 is 1.25 bits per heavy atom. The van der Waals surface area contributed by atoms with Crippen molar-refractivity contribution >= 4 is 5.69 Å². The number of nitrogens with two attached hydrogens (primary N) is 1. The highest BCUT2D eigenvalue weighted by atomic mass is 15.2. The monoisotopic (exact) mass is 163 g/mol. The summed E-state index contributed by atoms with van der Waals surface area (Å²) in [5, 5.41) is 6.58. The van der Waals surface area contributed by atoms with Gasteiger partial charge in [-0.15, -0.1) is 0 Å². The Hall–Kier alpha value is -1.06. The standard InChI is InChI=1S/C9H13N3/c10-8-3-1-7(2-4-8)9-5-11-6-12-9/h1-4,9,11-12H,5-6,10H2. The molecule has 12 heavy (non-hydrogen) atoms. The van der Waals surface area contributed by atoms with E-state index in [4.69, 9.17) is 5.73 Å². The van der Waals surface area contributed by atoms with Gasteiger partial charge in [-0.05, 0) is 17.7 Å². The highest BCUT2D eigenvalue weighted by Gasteiger charge is 2.14. The average molecular weight is 163 g/mol. The second kappa shape index (κ2) is 3.13. The van der Waals surface area contributed by atoms with Crippen LogP contribution in [-0.2, 0) is 0 Å². The first-order chi connectivity index (χ1) is 5.86. The maximum Gasteiger partial charge on any atom is 0.0460 e. The van der Waals surface area contributed by atoms with Crippen molar-refractivity contribution in [3.63, 3.8) is 0 Å². The van der Waals surface area contributed by atoms with Crippen LogP contribution in [0.2, 0.25) is 0 Å². The molecular formula is C9H13N3. The molecule has 1 aliphatic rings. The normalized spacial score (nSPS) is 22.8. The van der Waals surface area contributed by atoms with Crippen LogP contribution in [0.5, 0.6) is 0 Å². The lowest BCUT2D eigenvalue weighted by atomic mass is 10.1. The average Bonchev–Trinajstić information content (AvgIpc) is 2.58. The maximum atomic E-state index is 5.59. The van der Waals surface area contributed by atoms with E-state index < -0.39 is 0 Å². The quantitative estimate of drug-likeness (QED) is 0.527. The molecule has 3 nitrogen and oxygen atoms in total. The highest BCUT2D eigenvalue weighted by Crippen LogP contribution is 2.15. The Balaban J connectivity index is 2.17. The van der Waals surface area contributed by atoms with E-state index >= 15 is 0 Å². The molecule has 0 aliphatic carbocycles. The minimum atomic E-state index is 0.450. The lowest BCUT2D eigenvalue weighted by Crippen LogP contribution is -2.14. The summed E-state index contributed by atoms with van der Waals surface area (Å²) in [7, 11) is 0. The molecule has 1 aromatic carbocycles. The summed E-state index contributed by atoms with van der Waals surface area (Å²) in [6.07, 6.45) is 0. The molecular weight excluding hydrogens is 150 g/mol. The molecule has 0 amide bonds. The van der Waals surface area contributed by atoms with Crippen molar-refractivity contribution in [1.82, 2.24) is 10.6 Å². The zero-order chi connectivity index (χ0) is 8.39. The SMILES string of the molecule is Nc1ccc(C2CNCN2)cc1. The fraction of sp³-hybridized carbons (Fsp3) is 0.333. The number of rotatable bonds is 1. The topological polar surface area (TPSA) is 50.1 Å². The summed E-state index contributed by atoms with van der Waals surface area (Å²) < 4.78 is 0. The first-order valence-corrected chi connectivity index (χ1v) is 4.16. The molecule has 0 saturated carbocycles. The van der Waals surface area contributed by atoms with Crippen LogP contribution >= 0.6 is 0 Å². The second-order valence-electron chi connectivity index (χ2n) is 3.05. The third kappa shape index (κ3) is 1.42. The second-order valence-corrected chi connectivity index (χ2v) is 3.05. The van der Waals surface area contributed by atoms with Crippen LogP contribution in [0.4, 0.5) is 5.69 Å². The van der Waals surface area contributed by atoms with Gasteiger partial charge in [0.1, 0.15) is 0 Å². The van der Waals surface area contributed by atoms with Crippen molar-refractivity contribution in [2.75, 3.05) is 18.9 Å². The summed E-state index contributed by atoms with van der Waals surface area (Å²) in [6, 6.07) is 8.47. The lowest BCUT2D eigenvalue weighted by molar-refractivity contribution is 0.677. The van der Waals surface area contributed by atoms with Gasteiger partial charge >= 0.3 is 0 Å². The van der Waals surface area contributed by atoms with Crippen LogP contribution in [0.15, 0.2) is 24.3 Å². The van der Waals surface area contributed by atoms with E-state index in [2.05, 4.69) is 22.8 Å². The zero-order valence-electron chi connectivity index (χ0n) is 6.88. The van der Waals surface area contributed by atoms with E-state index in [1.54, 1.807) is 0 Å². The molecule has 2 rings (SSSR count). The smallest absolute Gasteiger partial charge is 0.0460 e. The Bertz CT molecular complexity index is 249. The van der Waals surface area contributed by atoms with Gasteiger partial charge in [0.15, 0.2) is 0 Å². The van der Waals surface area contributed by atoms with Crippen molar-refractivity contribution in [3.05, 3.63) is 29.8 Å². The van der Waals surface area contributed by atoms with Crippen LogP contribution in [0.25, 0.3) is 0 Å². The van der Waals surface area contributed by atoms with Crippen LogP contribution in [0.1, 0.15) is 11.6 Å². The number of hydrogen-bond donors (Lipinski definition) is 3. The fourth-order valence-corrected chi connectivity index (χ4v) is 1.45. The molecule has 0 spiro atoms. The predicted molar refractivity (Wildman–Crippen MR) is 49.6 cm³/mol. The zero-order valence-corrected chi connectivity index (χ0v) is 6.88. The first-order valence-electron chi connectivity index (χ1n) is 4.16. The van der Waals surface area contributed by atoms with E-state index in [0.717, 1.165) is 18.9 Å². The van der Waals surface area contributed by atoms with E-state index in [0.29, 0.717) is 6.04 Å². The van der Waals surface area contributed by atoms with Crippen molar-refractivity contribution < 1.29 is 0 Å². The van der Waals surface area contributed by atoms with Crippen molar-refractivity contribution in [2.45, 2.75) is 6.04 Å². The number of nitrogens with one attached hydrogen (secondary N) is 2. The Labute approximate surface area is 72.0 Å². The number of hydrogen-bond acceptors (Lipinski definition) is 3. The van der Waals surface area contributed by atoms with Gasteiger partial charge in [-0.3, -0.25) is 5.32 Å². The minimum Gasteiger partial charge on any atom is -0.399 e. The van der Waals surface area contributed by atoms with Crippen LogP contribution in [-0.4, -0.2) is 13.2 Å². The molecule has 4 N–H and O–H groups in total. The molecule has 1 aliphatic heterocycles. The van der Waals surface area contributed by atoms with Crippen molar-refractivity contribution in [1.29, 1.82) is 0 Å². The lowest BCUT2D eigenvalue weighted by Gasteiger charge is -2.08. The number of nitrogen functional groups attached to an aromatic ring is 1. The molecule has 1 unspecified atom stereocenters. The van der Waals surface area contributed by atoms with Crippen molar-refractivity contribution in [2.24, 2.45) is 0 Å². The van der Waals surface area contributed by atoms with Crippen LogP contribution in [0, 0.1) is 0 Å². The van der Waals surface area contributed by atoms with Crippen molar-refractivity contribution in [3.8, 4) is 0 Å². The molecule has 1 aromatic rings. The van der Waals surface area contributed by atoms with Gasteiger partial charge in [-0.2, -0.15) is 0 Å². The minimum absolute atomic E-state index is 0.450. The van der Waals surface area contributed by atoms with E-state index in [9.17, 15) is 0 Å². The fourth-order valence-electron chi connectivity index (χ4n) is 1.45. The van der Waals surface area contributed by atoms with E-state index in [-0.39, 0.29) is 0 Å². The molecule has 1 atom stereocenters. The maximum absolute atomic E-state index is 5.59. The number of anilines is 1. The van der Waals surface area contributed by atoms with Gasteiger partial charge in [-0.25, -0.2) is 0 Å². The van der Waals surface area contributed by atoms with Gasteiger partial charge < -0.3 is 11.1 Å². The third-order valence-electron chi connectivity index (χ3n) is 2.16. The molecule has 0 bridgehead atoms. The predicted octanol–water partition coefficient (Wildman–Crippen LogP) is 0.460. The Morgan fingerprint density at radius 2 is 2.00 bits per heavy atom. The van der Waals surface area contributed by atoms with Crippen LogP contribution in [0.3, 0.4) is 0 Å². The molecule has 1 heterocycles. The molecule has 0 aromatic heterocycles. The van der Waals surface area contributed by atoms with Gasteiger partial charge in [0.2, 0.25) is 0 Å². The largest absolute Gasteiger partial charge is 0.399 e. The van der Waals surface area contributed by atoms with Gasteiger partial charge in [0, 0.05) is 24.9 Å². The molecule has 1 fully saturated rings. The van der Waals surface area contributed by atoms with E-state index in [1.165, 1.54) is 5.56 Å². The van der Waals surface area contributed by atoms with Gasteiger partial charge in [0.25, 0.3) is 0 Å². The van der Waals surface area contributed by atoms with Gasteiger partial charge in [0.05, 0.1) is 0 Å². The first kappa shape index (κ1) is 7.58. The Morgan fingerprint density at radius 3 is 2.58 bits per heavy atom. The molecule has 1 saturated heterocycles. The van der Waals surface area contributed by atoms with Gasteiger partial charge in [-0.1, -0.05) is 12.1 Å². The number of benzene rings is 1. The van der Waals surface area contributed by atoms with E-state index in [1.807, 2.05) is 12.1 Å². The summed E-state index contributed by atoms with van der Waals surface area (Å²) in [4.78, 5) is 0. The summed E-state index contributed by atoms with van der Waals surface area (Å²) >= 11 is 0. The summed E-state index contributed by atoms with van der Waals surface area (Å²) in [6.45, 7) is 1.90. The highest BCUT2D eigenvalue weighted by molar-refractivity contribution is 5.40. The molecule has 64 valence electrons. The summed E-state index contributed by atoms with van der Waals surface area (Å²) in [5.41, 5.74) is 7.71. The third-order valence-corrected chi connectivity index (χ3v) is 2.16.